The first-order valence-corrected chi connectivity index (χ1v) is 6.63. The van der Waals surface area contributed by atoms with Crippen LogP contribution in [0.5, 0.6) is 0 Å². The summed E-state index contributed by atoms with van der Waals surface area (Å²) in [6.07, 6.45) is 0. The molecule has 0 atom stereocenters. The zero-order valence-electron chi connectivity index (χ0n) is 10.6. The largest absolute Gasteiger partial charge is 0.422 e. The molecule has 0 unspecified atom stereocenters. The topological polar surface area (TPSA) is 43.1 Å². The monoisotopic (exact) mass is 299 g/mol. The van der Waals surface area contributed by atoms with Gasteiger partial charge in [-0.05, 0) is 18.2 Å². The molecule has 0 radical (unpaired) electrons. The van der Waals surface area contributed by atoms with E-state index in [1.165, 1.54) is 18.2 Å². The normalized spacial score (nSPS) is 11.5. The van der Waals surface area contributed by atoms with Crippen molar-refractivity contribution in [3.8, 4) is 0 Å². The SMILES string of the molecule is O=c1oc2ccccc2c2c(Cl)nc3cc(F)ccc3c12. The van der Waals surface area contributed by atoms with Gasteiger partial charge in [0.25, 0.3) is 0 Å². The first-order valence-electron chi connectivity index (χ1n) is 6.25. The summed E-state index contributed by atoms with van der Waals surface area (Å²) in [7, 11) is 0. The van der Waals surface area contributed by atoms with E-state index in [-0.39, 0.29) is 5.15 Å². The van der Waals surface area contributed by atoms with Crippen LogP contribution >= 0.6 is 11.6 Å². The van der Waals surface area contributed by atoms with Gasteiger partial charge in [0.2, 0.25) is 0 Å². The number of pyridine rings is 1. The molecule has 0 spiro atoms. The predicted octanol–water partition coefficient (Wildman–Crippen LogP) is 4.29. The molecule has 2 aromatic heterocycles. The summed E-state index contributed by atoms with van der Waals surface area (Å²) in [5.74, 6) is -0.435. The summed E-state index contributed by atoms with van der Waals surface area (Å²) in [6.45, 7) is 0. The predicted molar refractivity (Wildman–Crippen MR) is 80.3 cm³/mol. The highest BCUT2D eigenvalue weighted by Gasteiger charge is 2.15. The van der Waals surface area contributed by atoms with Gasteiger partial charge in [0, 0.05) is 22.2 Å². The van der Waals surface area contributed by atoms with Gasteiger partial charge in [-0.3, -0.25) is 0 Å². The second-order valence-electron chi connectivity index (χ2n) is 4.70. The molecule has 0 N–H and O–H groups in total. The first kappa shape index (κ1) is 12.3. The van der Waals surface area contributed by atoms with Crippen LogP contribution in [0, 0.1) is 5.82 Å². The highest BCUT2D eigenvalue weighted by molar-refractivity contribution is 6.38. The molecule has 0 fully saturated rings. The van der Waals surface area contributed by atoms with Gasteiger partial charge < -0.3 is 4.42 Å². The zero-order valence-corrected chi connectivity index (χ0v) is 11.3. The maximum atomic E-state index is 13.3. The van der Waals surface area contributed by atoms with Crippen LogP contribution in [0.1, 0.15) is 0 Å². The number of nitrogens with zero attached hydrogens (tertiary/aromatic N) is 1. The smallest absolute Gasteiger partial charge is 0.344 e. The second-order valence-corrected chi connectivity index (χ2v) is 5.06. The van der Waals surface area contributed by atoms with Crippen LogP contribution in [0.15, 0.2) is 51.7 Å². The second kappa shape index (κ2) is 4.27. The molecule has 4 rings (SSSR count). The Morgan fingerprint density at radius 2 is 1.86 bits per heavy atom. The minimum Gasteiger partial charge on any atom is -0.422 e. The highest BCUT2D eigenvalue weighted by atomic mass is 35.5. The zero-order chi connectivity index (χ0) is 14.6. The molecule has 0 saturated heterocycles. The standard InChI is InChI=1S/C16H7ClFNO2/c17-15-13-10-3-1-2-4-12(10)21-16(20)14(13)9-6-5-8(18)7-11(9)19-15/h1-7H. The van der Waals surface area contributed by atoms with E-state index >= 15 is 0 Å². The lowest BCUT2D eigenvalue weighted by atomic mass is 10.1. The minimum atomic E-state index is -0.510. The fraction of sp³-hybridized carbons (Fsp3) is 0. The number of fused-ring (bicyclic) bond motifs is 5. The summed E-state index contributed by atoms with van der Waals surface area (Å²) < 4.78 is 18.7. The summed E-state index contributed by atoms with van der Waals surface area (Å²) >= 11 is 6.23. The van der Waals surface area contributed by atoms with Crippen molar-refractivity contribution in [1.29, 1.82) is 0 Å². The van der Waals surface area contributed by atoms with E-state index in [1.54, 1.807) is 12.1 Å². The van der Waals surface area contributed by atoms with E-state index in [0.29, 0.717) is 32.6 Å². The molecule has 2 aromatic carbocycles. The van der Waals surface area contributed by atoms with E-state index in [9.17, 15) is 9.18 Å². The van der Waals surface area contributed by atoms with Gasteiger partial charge in [-0.15, -0.1) is 0 Å². The first-order chi connectivity index (χ1) is 10.1. The maximum Gasteiger partial charge on any atom is 0.344 e. The van der Waals surface area contributed by atoms with E-state index in [4.69, 9.17) is 16.0 Å². The van der Waals surface area contributed by atoms with Crippen molar-refractivity contribution in [2.75, 3.05) is 0 Å². The Labute approximate surface area is 122 Å². The fourth-order valence-electron chi connectivity index (χ4n) is 2.58. The number of benzene rings is 2. The van der Waals surface area contributed by atoms with Crippen LogP contribution in [0.25, 0.3) is 32.6 Å². The van der Waals surface area contributed by atoms with Gasteiger partial charge in [-0.25, -0.2) is 14.2 Å². The Hall–Kier alpha value is -2.46. The van der Waals surface area contributed by atoms with E-state index in [2.05, 4.69) is 4.98 Å². The molecule has 2 heterocycles. The quantitative estimate of drug-likeness (QED) is 0.276. The fourth-order valence-corrected chi connectivity index (χ4v) is 2.87. The van der Waals surface area contributed by atoms with Gasteiger partial charge >= 0.3 is 5.63 Å². The van der Waals surface area contributed by atoms with Crippen LogP contribution in [0.4, 0.5) is 4.39 Å². The maximum absolute atomic E-state index is 13.3. The molecular weight excluding hydrogens is 293 g/mol. The average molecular weight is 300 g/mol. The molecule has 0 saturated carbocycles. The van der Waals surface area contributed by atoms with Crippen LogP contribution < -0.4 is 5.63 Å². The van der Waals surface area contributed by atoms with E-state index in [1.807, 2.05) is 12.1 Å². The molecule has 4 aromatic rings. The van der Waals surface area contributed by atoms with Crippen LogP contribution in [-0.2, 0) is 0 Å². The molecule has 102 valence electrons. The number of rotatable bonds is 0. The number of halogens is 2. The molecule has 21 heavy (non-hydrogen) atoms. The van der Waals surface area contributed by atoms with Gasteiger partial charge in [-0.1, -0.05) is 29.8 Å². The number of hydrogen-bond acceptors (Lipinski definition) is 3. The number of hydrogen-bond donors (Lipinski definition) is 0. The third kappa shape index (κ3) is 1.73. The summed E-state index contributed by atoms with van der Waals surface area (Å²) in [6, 6.07) is 11.1. The molecule has 5 heteroatoms. The Morgan fingerprint density at radius 3 is 2.71 bits per heavy atom. The molecule has 0 amide bonds. The van der Waals surface area contributed by atoms with Crippen LogP contribution in [0.2, 0.25) is 5.15 Å². The Balaban J connectivity index is 2.39. The highest BCUT2D eigenvalue weighted by Crippen LogP contribution is 2.32. The lowest BCUT2D eigenvalue weighted by molar-refractivity contribution is 0.570. The van der Waals surface area contributed by atoms with Crippen molar-refractivity contribution in [3.63, 3.8) is 0 Å². The summed E-state index contributed by atoms with van der Waals surface area (Å²) in [5.41, 5.74) is 0.264. The van der Waals surface area contributed by atoms with Gasteiger partial charge in [0.1, 0.15) is 16.6 Å². The van der Waals surface area contributed by atoms with Gasteiger partial charge in [0.05, 0.1) is 10.9 Å². The molecule has 0 bridgehead atoms. The van der Waals surface area contributed by atoms with Crippen molar-refractivity contribution in [1.82, 2.24) is 4.98 Å². The van der Waals surface area contributed by atoms with E-state index in [0.717, 1.165) is 0 Å². The van der Waals surface area contributed by atoms with Crippen molar-refractivity contribution < 1.29 is 8.81 Å². The van der Waals surface area contributed by atoms with Crippen molar-refractivity contribution in [2.24, 2.45) is 0 Å². The van der Waals surface area contributed by atoms with Crippen molar-refractivity contribution in [2.45, 2.75) is 0 Å². The molecule has 3 nitrogen and oxygen atoms in total. The van der Waals surface area contributed by atoms with Gasteiger partial charge in [-0.2, -0.15) is 0 Å². The lowest BCUT2D eigenvalue weighted by Gasteiger charge is -2.07. The molecular formula is C16H7ClFNO2. The molecule has 0 aliphatic rings. The third-order valence-electron chi connectivity index (χ3n) is 3.47. The van der Waals surface area contributed by atoms with Gasteiger partial charge in [0.15, 0.2) is 0 Å². The van der Waals surface area contributed by atoms with Crippen molar-refractivity contribution in [3.05, 3.63) is 63.9 Å². The summed E-state index contributed by atoms with van der Waals surface area (Å²) in [5, 5.41) is 2.24. The Bertz CT molecular complexity index is 1090. The number of para-hydroxylation sites is 1. The molecule has 0 aliphatic heterocycles. The van der Waals surface area contributed by atoms with E-state index < -0.39 is 11.4 Å². The minimum absolute atomic E-state index is 0.159. The average Bonchev–Trinajstić information content (AvgIpc) is 2.46. The Morgan fingerprint density at radius 1 is 1.05 bits per heavy atom. The van der Waals surface area contributed by atoms with Crippen LogP contribution in [-0.4, -0.2) is 4.98 Å². The van der Waals surface area contributed by atoms with Crippen LogP contribution in [0.3, 0.4) is 0 Å². The number of aromatic nitrogens is 1. The summed E-state index contributed by atoms with van der Waals surface area (Å²) in [4.78, 5) is 16.5. The lowest BCUT2D eigenvalue weighted by Crippen LogP contribution is -2.02. The third-order valence-corrected chi connectivity index (χ3v) is 3.74. The molecule has 0 aliphatic carbocycles. The Kier molecular flexibility index (Phi) is 2.50. The van der Waals surface area contributed by atoms with Crippen molar-refractivity contribution >= 4 is 44.2 Å².